The number of nitrogens with one attached hydrogen (secondary N) is 2. The molecule has 2 amide bonds. The zero-order valence-corrected chi connectivity index (χ0v) is 22.3. The molecule has 0 fully saturated rings. The third kappa shape index (κ3) is 7.37. The van der Waals surface area contributed by atoms with Gasteiger partial charge < -0.3 is 15.0 Å². The van der Waals surface area contributed by atoms with Crippen LogP contribution in [0.15, 0.2) is 77.3 Å². The molecule has 0 saturated heterocycles. The molecule has 0 unspecified atom stereocenters. The minimum Gasteiger partial charge on any atom is -0.492 e. The van der Waals surface area contributed by atoms with Crippen LogP contribution in [0.2, 0.25) is 0 Å². The van der Waals surface area contributed by atoms with Crippen molar-refractivity contribution < 1.29 is 14.3 Å². The van der Waals surface area contributed by atoms with Gasteiger partial charge in [-0.1, -0.05) is 56.3 Å². The lowest BCUT2D eigenvalue weighted by atomic mass is 10.1. The highest BCUT2D eigenvalue weighted by atomic mass is 79.9. The van der Waals surface area contributed by atoms with Gasteiger partial charge in [-0.15, -0.1) is 0 Å². The quantitative estimate of drug-likeness (QED) is 0.357. The van der Waals surface area contributed by atoms with E-state index >= 15 is 0 Å². The van der Waals surface area contributed by atoms with Crippen LogP contribution in [0, 0.1) is 5.92 Å². The van der Waals surface area contributed by atoms with Crippen LogP contribution in [0.1, 0.15) is 40.1 Å². The van der Waals surface area contributed by atoms with Gasteiger partial charge in [0.2, 0.25) is 0 Å². The van der Waals surface area contributed by atoms with Crippen molar-refractivity contribution in [3.63, 3.8) is 0 Å². The van der Waals surface area contributed by atoms with Crippen LogP contribution in [0.3, 0.4) is 0 Å². The van der Waals surface area contributed by atoms with Crippen LogP contribution >= 0.6 is 28.1 Å². The largest absolute Gasteiger partial charge is 0.492 e. The van der Waals surface area contributed by atoms with Gasteiger partial charge in [0.25, 0.3) is 11.8 Å². The van der Waals surface area contributed by atoms with E-state index in [4.69, 9.17) is 17.0 Å². The van der Waals surface area contributed by atoms with Crippen LogP contribution in [-0.2, 0) is 6.54 Å². The molecule has 3 rings (SSSR count). The molecule has 0 radical (unpaired) electrons. The van der Waals surface area contributed by atoms with E-state index in [1.54, 1.807) is 48.3 Å². The smallest absolute Gasteiger partial charge is 0.257 e. The molecule has 182 valence electrons. The summed E-state index contributed by atoms with van der Waals surface area (Å²) in [6.07, 6.45) is 0. The molecule has 0 saturated carbocycles. The first-order chi connectivity index (χ1) is 16.8. The zero-order valence-electron chi connectivity index (χ0n) is 19.9. The van der Waals surface area contributed by atoms with Crippen LogP contribution in [0.25, 0.3) is 0 Å². The van der Waals surface area contributed by atoms with Gasteiger partial charge >= 0.3 is 0 Å². The summed E-state index contributed by atoms with van der Waals surface area (Å²) in [6.45, 7) is 5.12. The van der Waals surface area contributed by atoms with Crippen molar-refractivity contribution >= 4 is 50.8 Å². The van der Waals surface area contributed by atoms with Crippen molar-refractivity contribution in [2.75, 3.05) is 18.6 Å². The maximum atomic E-state index is 12.9. The van der Waals surface area contributed by atoms with Gasteiger partial charge in [-0.05, 0) is 70.0 Å². The van der Waals surface area contributed by atoms with E-state index in [2.05, 4.69) is 40.4 Å². The van der Waals surface area contributed by atoms with E-state index in [1.807, 2.05) is 36.4 Å². The fourth-order valence-corrected chi connectivity index (χ4v) is 3.89. The number of amides is 2. The summed E-state index contributed by atoms with van der Waals surface area (Å²) in [7, 11) is 1.71. The second kappa shape index (κ2) is 12.5. The zero-order chi connectivity index (χ0) is 25.4. The van der Waals surface area contributed by atoms with Gasteiger partial charge in [0, 0.05) is 19.2 Å². The van der Waals surface area contributed by atoms with Gasteiger partial charge in [-0.2, -0.15) is 0 Å². The second-order valence-electron chi connectivity index (χ2n) is 8.35. The van der Waals surface area contributed by atoms with E-state index in [-0.39, 0.29) is 16.9 Å². The Hall–Kier alpha value is -3.23. The van der Waals surface area contributed by atoms with E-state index in [0.717, 1.165) is 5.56 Å². The number of rotatable bonds is 8. The molecule has 35 heavy (non-hydrogen) atoms. The summed E-state index contributed by atoms with van der Waals surface area (Å²) < 4.78 is 6.43. The predicted octanol–water partition coefficient (Wildman–Crippen LogP) is 5.57. The summed E-state index contributed by atoms with van der Waals surface area (Å²) in [6, 6.07) is 21.9. The molecular weight excluding hydrogens is 526 g/mol. The highest BCUT2D eigenvalue weighted by Crippen LogP contribution is 2.26. The van der Waals surface area contributed by atoms with Crippen LogP contribution < -0.4 is 20.3 Å². The normalized spacial score (nSPS) is 10.5. The number of hydrogen-bond donors (Lipinski definition) is 2. The van der Waals surface area contributed by atoms with Gasteiger partial charge in [0.05, 0.1) is 22.3 Å². The lowest BCUT2D eigenvalue weighted by molar-refractivity contribution is 0.0949. The number of ether oxygens (including phenoxy) is 1. The predicted molar refractivity (Wildman–Crippen MR) is 147 cm³/mol. The van der Waals surface area contributed by atoms with E-state index in [0.29, 0.717) is 46.1 Å². The highest BCUT2D eigenvalue weighted by molar-refractivity contribution is 9.10. The summed E-state index contributed by atoms with van der Waals surface area (Å²) in [5.74, 6) is 0.474. The molecule has 0 atom stereocenters. The third-order valence-corrected chi connectivity index (χ3v) is 6.09. The molecule has 8 heteroatoms. The number of anilines is 1. The Kier molecular flexibility index (Phi) is 9.39. The number of para-hydroxylation sites is 1. The van der Waals surface area contributed by atoms with Gasteiger partial charge in [0.1, 0.15) is 5.75 Å². The number of halogens is 1. The summed E-state index contributed by atoms with van der Waals surface area (Å²) in [5.41, 5.74) is 2.47. The molecule has 0 aliphatic rings. The molecule has 0 aliphatic carbocycles. The SMILES string of the molecule is CC(C)COc1ccc(C(=O)NC(=S)N(C)c2ccccc2C(=O)NCc2ccccc2)cc1Br. The van der Waals surface area contributed by atoms with Crippen molar-refractivity contribution in [3.8, 4) is 5.75 Å². The van der Waals surface area contributed by atoms with Gasteiger partial charge in [-0.3, -0.25) is 14.9 Å². The molecule has 3 aromatic carbocycles. The van der Waals surface area contributed by atoms with Crippen molar-refractivity contribution in [2.45, 2.75) is 20.4 Å². The molecule has 2 N–H and O–H groups in total. The van der Waals surface area contributed by atoms with Crippen LogP contribution in [0.4, 0.5) is 5.69 Å². The van der Waals surface area contributed by atoms with Crippen molar-refractivity contribution in [1.29, 1.82) is 0 Å². The summed E-state index contributed by atoms with van der Waals surface area (Å²) >= 11 is 8.94. The molecule has 0 aliphatic heterocycles. The minimum atomic E-state index is -0.357. The Morgan fingerprint density at radius 1 is 1.00 bits per heavy atom. The Labute approximate surface area is 219 Å². The number of hydrogen-bond acceptors (Lipinski definition) is 4. The maximum Gasteiger partial charge on any atom is 0.257 e. The average Bonchev–Trinajstić information content (AvgIpc) is 2.86. The van der Waals surface area contributed by atoms with Crippen molar-refractivity contribution in [2.24, 2.45) is 5.92 Å². The fraction of sp³-hybridized carbons (Fsp3) is 0.222. The first-order valence-corrected chi connectivity index (χ1v) is 12.4. The minimum absolute atomic E-state index is 0.176. The third-order valence-electron chi connectivity index (χ3n) is 5.10. The van der Waals surface area contributed by atoms with E-state index < -0.39 is 0 Å². The van der Waals surface area contributed by atoms with Crippen molar-refractivity contribution in [3.05, 3.63) is 94.0 Å². The average molecular weight is 555 g/mol. The Morgan fingerprint density at radius 3 is 2.37 bits per heavy atom. The fourth-order valence-electron chi connectivity index (χ4n) is 3.21. The number of thiocarbonyl (C=S) groups is 1. The number of carbonyl (C=O) groups excluding carboxylic acids is 2. The highest BCUT2D eigenvalue weighted by Gasteiger charge is 2.19. The first kappa shape index (κ1) is 26.4. The molecule has 0 heterocycles. The van der Waals surface area contributed by atoms with E-state index in [9.17, 15) is 9.59 Å². The Bertz CT molecular complexity index is 1200. The molecule has 0 aromatic heterocycles. The number of carbonyl (C=O) groups is 2. The lowest BCUT2D eigenvalue weighted by Crippen LogP contribution is -2.41. The summed E-state index contributed by atoms with van der Waals surface area (Å²) in [4.78, 5) is 27.3. The van der Waals surface area contributed by atoms with E-state index in [1.165, 1.54) is 0 Å². The number of nitrogens with zero attached hydrogens (tertiary/aromatic N) is 1. The molecule has 3 aromatic rings. The Balaban J connectivity index is 1.67. The lowest BCUT2D eigenvalue weighted by Gasteiger charge is -2.23. The maximum absolute atomic E-state index is 12.9. The molecule has 0 bridgehead atoms. The van der Waals surface area contributed by atoms with Crippen LogP contribution in [0.5, 0.6) is 5.75 Å². The molecule has 6 nitrogen and oxygen atoms in total. The number of benzene rings is 3. The van der Waals surface area contributed by atoms with Crippen molar-refractivity contribution in [1.82, 2.24) is 10.6 Å². The monoisotopic (exact) mass is 553 g/mol. The van der Waals surface area contributed by atoms with Crippen LogP contribution in [-0.4, -0.2) is 30.6 Å². The van der Waals surface area contributed by atoms with Gasteiger partial charge in [0.15, 0.2) is 5.11 Å². The van der Waals surface area contributed by atoms with Gasteiger partial charge in [-0.25, -0.2) is 0 Å². The topological polar surface area (TPSA) is 70.7 Å². The molecular formula is C27H28BrN3O3S. The standard InChI is InChI=1S/C27H28BrN3O3S/c1-18(2)17-34-24-14-13-20(15-22(24)28)25(32)30-27(35)31(3)23-12-8-7-11-21(23)26(33)29-16-19-9-5-4-6-10-19/h4-15,18H,16-17H2,1-3H3,(H,29,33)(H,30,32,35). The molecule has 0 spiro atoms. The second-order valence-corrected chi connectivity index (χ2v) is 9.59. The first-order valence-electron chi connectivity index (χ1n) is 11.2. The Morgan fingerprint density at radius 2 is 1.69 bits per heavy atom. The summed E-state index contributed by atoms with van der Waals surface area (Å²) in [5, 5.41) is 5.85.